The van der Waals surface area contributed by atoms with E-state index < -0.39 is 11.9 Å². The first-order valence-electron chi connectivity index (χ1n) is 12.3. The Morgan fingerprint density at radius 1 is 1.06 bits per heavy atom. The third kappa shape index (κ3) is 4.90. The van der Waals surface area contributed by atoms with Crippen molar-refractivity contribution in [2.24, 2.45) is 0 Å². The largest absolute Gasteiger partial charge is 0.456 e. The maximum atomic E-state index is 13.7. The number of carbonyl (C=O) groups is 2. The molecule has 0 radical (unpaired) electrons. The second-order valence-electron chi connectivity index (χ2n) is 8.95. The van der Waals surface area contributed by atoms with E-state index in [0.29, 0.717) is 35.2 Å². The van der Waals surface area contributed by atoms with Crippen molar-refractivity contribution >= 4 is 23.3 Å². The van der Waals surface area contributed by atoms with Crippen molar-refractivity contribution in [2.45, 2.75) is 38.6 Å². The molecule has 8 heteroatoms. The van der Waals surface area contributed by atoms with Crippen LogP contribution in [-0.2, 0) is 14.6 Å². The number of anilines is 2. The van der Waals surface area contributed by atoms with Crippen molar-refractivity contribution in [1.29, 1.82) is 0 Å². The minimum absolute atomic E-state index is 0.161. The number of ether oxygens (including phenoxy) is 1. The van der Waals surface area contributed by atoms with Crippen LogP contribution in [0.1, 0.15) is 48.5 Å². The Labute approximate surface area is 210 Å². The summed E-state index contributed by atoms with van der Waals surface area (Å²) in [5.41, 5.74) is 3.08. The zero-order valence-corrected chi connectivity index (χ0v) is 20.4. The predicted octanol–water partition coefficient (Wildman–Crippen LogP) is 5.10. The van der Waals surface area contributed by atoms with Gasteiger partial charge in [-0.05, 0) is 62.6 Å². The highest BCUT2D eigenvalue weighted by atomic mass is 17.2. The van der Waals surface area contributed by atoms with Crippen LogP contribution in [0.5, 0.6) is 11.5 Å². The van der Waals surface area contributed by atoms with Gasteiger partial charge in [0.25, 0.3) is 5.91 Å². The Bertz CT molecular complexity index is 1260. The first-order valence-corrected chi connectivity index (χ1v) is 12.3. The van der Waals surface area contributed by atoms with Gasteiger partial charge in [0.05, 0.1) is 23.9 Å². The van der Waals surface area contributed by atoms with E-state index in [1.165, 1.54) is 12.8 Å². The van der Waals surface area contributed by atoms with Gasteiger partial charge in [0.15, 0.2) is 0 Å². The number of benzene rings is 2. The lowest BCUT2D eigenvalue weighted by molar-refractivity contribution is -0.270. The summed E-state index contributed by atoms with van der Waals surface area (Å²) >= 11 is 0. The Morgan fingerprint density at radius 2 is 1.86 bits per heavy atom. The Balaban J connectivity index is 1.38. The molecule has 8 nitrogen and oxygen atoms in total. The Hall–Kier alpha value is -3.91. The molecule has 0 spiro atoms. The molecule has 1 saturated carbocycles. The normalized spacial score (nSPS) is 15.7. The molecule has 3 aromatic rings. The molecule has 1 aromatic heterocycles. The highest BCUT2D eigenvalue weighted by molar-refractivity contribution is 6.09. The summed E-state index contributed by atoms with van der Waals surface area (Å²) in [6, 6.07) is 17.4. The van der Waals surface area contributed by atoms with Gasteiger partial charge >= 0.3 is 5.97 Å². The zero-order valence-electron chi connectivity index (χ0n) is 20.4. The van der Waals surface area contributed by atoms with E-state index in [0.717, 1.165) is 17.9 Å². The second-order valence-corrected chi connectivity index (χ2v) is 8.95. The summed E-state index contributed by atoms with van der Waals surface area (Å²) in [5, 5.41) is 0. The number of nitrogens with zero attached hydrogens (tertiary/aromatic N) is 3. The number of fused-ring (bicyclic) bond motifs is 1. The van der Waals surface area contributed by atoms with E-state index in [9.17, 15) is 9.59 Å². The van der Waals surface area contributed by atoms with Crippen molar-refractivity contribution in [3.63, 3.8) is 0 Å². The van der Waals surface area contributed by atoms with Gasteiger partial charge in [-0.25, -0.2) is 4.79 Å². The number of aromatic nitrogens is 1. The predicted molar refractivity (Wildman–Crippen MR) is 135 cm³/mol. The molecule has 2 aliphatic rings. The molecule has 2 heterocycles. The smallest absolute Gasteiger partial charge is 0.349 e. The van der Waals surface area contributed by atoms with Crippen molar-refractivity contribution in [3.8, 4) is 11.5 Å². The van der Waals surface area contributed by atoms with E-state index in [-0.39, 0.29) is 12.5 Å². The molecule has 1 aliphatic carbocycles. The highest BCUT2D eigenvalue weighted by Gasteiger charge is 2.36. The Morgan fingerprint density at radius 3 is 2.64 bits per heavy atom. The standard InChI is InChI=1S/C28H29N3O5/c1-3-34-36-28(33)19(2)20-7-6-8-22(17-20)35-26-13-14-29-18-23(26)27(32)31-16-15-30(21-11-12-21)24-9-4-5-10-25(24)31/h4-10,13-14,17-19,21H,3,11-12,15-16H2,1-2H3. The molecule has 36 heavy (non-hydrogen) atoms. The molecule has 1 atom stereocenters. The van der Waals surface area contributed by atoms with Crippen LogP contribution in [0, 0.1) is 0 Å². The third-order valence-electron chi connectivity index (χ3n) is 6.49. The van der Waals surface area contributed by atoms with E-state index in [1.807, 2.05) is 24.3 Å². The van der Waals surface area contributed by atoms with Gasteiger partial charge in [-0.15, -0.1) is 0 Å². The number of carbonyl (C=O) groups excluding carboxylic acids is 2. The van der Waals surface area contributed by atoms with Crippen molar-refractivity contribution in [1.82, 2.24) is 4.98 Å². The molecule has 5 rings (SSSR count). The van der Waals surface area contributed by atoms with Crippen LogP contribution in [0.25, 0.3) is 0 Å². The summed E-state index contributed by atoms with van der Waals surface area (Å²) in [6.07, 6.45) is 5.53. The zero-order chi connectivity index (χ0) is 25.1. The van der Waals surface area contributed by atoms with Crippen LogP contribution in [0.15, 0.2) is 67.0 Å². The van der Waals surface area contributed by atoms with E-state index in [1.54, 1.807) is 55.4 Å². The maximum absolute atomic E-state index is 13.7. The number of para-hydroxylation sites is 2. The van der Waals surface area contributed by atoms with Crippen LogP contribution in [0.4, 0.5) is 11.4 Å². The first-order chi connectivity index (χ1) is 17.6. The topological polar surface area (TPSA) is 81.2 Å². The Kier molecular flexibility index (Phi) is 6.86. The van der Waals surface area contributed by atoms with Gasteiger partial charge in [0.1, 0.15) is 17.1 Å². The van der Waals surface area contributed by atoms with Gasteiger partial charge in [-0.1, -0.05) is 24.3 Å². The van der Waals surface area contributed by atoms with Gasteiger partial charge in [0.2, 0.25) is 0 Å². The summed E-state index contributed by atoms with van der Waals surface area (Å²) in [6.45, 7) is 5.14. The second kappa shape index (κ2) is 10.4. The molecule has 0 saturated heterocycles. The number of rotatable bonds is 8. The molecule has 186 valence electrons. The average Bonchev–Trinajstić information content (AvgIpc) is 3.76. The molecule has 2 aromatic carbocycles. The number of hydrogen-bond donors (Lipinski definition) is 0. The molecule has 1 aliphatic heterocycles. The van der Waals surface area contributed by atoms with Gasteiger partial charge in [0, 0.05) is 31.5 Å². The quantitative estimate of drug-likeness (QED) is 0.323. The van der Waals surface area contributed by atoms with Crippen LogP contribution < -0.4 is 14.5 Å². The lowest BCUT2D eigenvalue weighted by Gasteiger charge is -2.38. The highest BCUT2D eigenvalue weighted by Crippen LogP contribution is 2.41. The van der Waals surface area contributed by atoms with Gasteiger partial charge in [-0.3, -0.25) is 14.7 Å². The van der Waals surface area contributed by atoms with Crippen LogP contribution in [0.2, 0.25) is 0 Å². The summed E-state index contributed by atoms with van der Waals surface area (Å²) in [4.78, 5) is 43.9. The third-order valence-corrected chi connectivity index (χ3v) is 6.49. The number of hydrogen-bond acceptors (Lipinski definition) is 7. The lowest BCUT2D eigenvalue weighted by atomic mass is 10.0. The fourth-order valence-electron chi connectivity index (χ4n) is 4.44. The van der Waals surface area contributed by atoms with E-state index in [4.69, 9.17) is 14.5 Å². The molecule has 0 bridgehead atoms. The minimum atomic E-state index is -0.544. The molecular formula is C28H29N3O5. The van der Waals surface area contributed by atoms with Crippen molar-refractivity contribution in [2.75, 3.05) is 29.5 Å². The fraction of sp³-hybridized carbons (Fsp3) is 0.321. The van der Waals surface area contributed by atoms with Gasteiger partial charge < -0.3 is 14.5 Å². The van der Waals surface area contributed by atoms with Crippen molar-refractivity contribution in [3.05, 3.63) is 78.1 Å². The van der Waals surface area contributed by atoms with Crippen LogP contribution >= 0.6 is 0 Å². The van der Waals surface area contributed by atoms with Crippen LogP contribution in [-0.4, -0.2) is 42.6 Å². The average molecular weight is 488 g/mol. The number of pyridine rings is 1. The molecule has 1 unspecified atom stereocenters. The van der Waals surface area contributed by atoms with Gasteiger partial charge in [-0.2, -0.15) is 4.89 Å². The first kappa shape index (κ1) is 23.8. The van der Waals surface area contributed by atoms with E-state index in [2.05, 4.69) is 16.0 Å². The van der Waals surface area contributed by atoms with E-state index >= 15 is 0 Å². The summed E-state index contributed by atoms with van der Waals surface area (Å²) in [5.74, 6) is -0.289. The monoisotopic (exact) mass is 487 g/mol. The molecule has 0 N–H and O–H groups in total. The summed E-state index contributed by atoms with van der Waals surface area (Å²) < 4.78 is 6.15. The number of amides is 1. The molecular weight excluding hydrogens is 458 g/mol. The molecule has 1 amide bonds. The fourth-order valence-corrected chi connectivity index (χ4v) is 4.44. The summed E-state index contributed by atoms with van der Waals surface area (Å²) in [7, 11) is 0. The lowest BCUT2D eigenvalue weighted by Crippen LogP contribution is -2.45. The molecule has 1 fully saturated rings. The maximum Gasteiger partial charge on any atom is 0.349 e. The van der Waals surface area contributed by atoms with Crippen LogP contribution in [0.3, 0.4) is 0 Å². The SMILES string of the molecule is CCOOC(=O)C(C)c1cccc(Oc2ccncc2C(=O)N2CCN(C3CC3)c3ccccc32)c1. The van der Waals surface area contributed by atoms with Crippen molar-refractivity contribution < 1.29 is 24.1 Å². The minimum Gasteiger partial charge on any atom is -0.456 e.